The zero-order valence-electron chi connectivity index (χ0n) is 13.7. The van der Waals surface area contributed by atoms with Crippen LogP contribution in [0.5, 0.6) is 5.75 Å². The molecule has 120 valence electrons. The van der Waals surface area contributed by atoms with E-state index in [-0.39, 0.29) is 0 Å². The molecular weight excluding hydrogens is 310 g/mol. The molecule has 4 nitrogen and oxygen atoms in total. The number of methoxy groups -OCH3 is 1. The van der Waals surface area contributed by atoms with Gasteiger partial charge in [0.25, 0.3) is 0 Å². The largest absolute Gasteiger partial charge is 0.496 e. The van der Waals surface area contributed by atoms with Crippen LogP contribution in [0.25, 0.3) is 38.8 Å². The molecule has 0 atom stereocenters. The number of benzene rings is 2. The lowest BCUT2D eigenvalue weighted by Gasteiger charge is -2.10. The number of aromatic nitrogens is 3. The van der Waals surface area contributed by atoms with Gasteiger partial charge in [0.15, 0.2) is 0 Å². The predicted molar refractivity (Wildman–Crippen MR) is 100.0 cm³/mol. The minimum absolute atomic E-state index is 0.803. The standard InChI is InChI=1S/C21H15N3O/c1-25-17-11-5-3-9-15(17)20-21-19(14-8-2-4-10-16(14)22-20)23-18-12-6-7-13-24(18)21/h2-13H,1H3. The number of nitrogens with zero attached hydrogens (tertiary/aromatic N) is 3. The first-order valence-electron chi connectivity index (χ1n) is 8.16. The summed E-state index contributed by atoms with van der Waals surface area (Å²) in [6.07, 6.45) is 2.03. The van der Waals surface area contributed by atoms with Gasteiger partial charge in [-0.3, -0.25) is 4.40 Å². The summed E-state index contributed by atoms with van der Waals surface area (Å²) in [7, 11) is 1.69. The van der Waals surface area contributed by atoms with Crippen molar-refractivity contribution in [3.8, 4) is 17.0 Å². The molecule has 0 amide bonds. The van der Waals surface area contributed by atoms with Crippen LogP contribution >= 0.6 is 0 Å². The van der Waals surface area contributed by atoms with Gasteiger partial charge in [-0.15, -0.1) is 0 Å². The van der Waals surface area contributed by atoms with Gasteiger partial charge in [-0.1, -0.05) is 36.4 Å². The molecule has 25 heavy (non-hydrogen) atoms. The number of hydrogen-bond donors (Lipinski definition) is 0. The molecule has 5 aromatic rings. The second-order valence-electron chi connectivity index (χ2n) is 5.92. The summed E-state index contributed by atoms with van der Waals surface area (Å²) >= 11 is 0. The fraction of sp³-hybridized carbons (Fsp3) is 0.0476. The SMILES string of the molecule is COc1ccccc1-c1nc2ccccc2c2nc3ccccn3c12. The molecule has 0 fully saturated rings. The minimum atomic E-state index is 0.803. The molecule has 3 aromatic heterocycles. The zero-order valence-corrected chi connectivity index (χ0v) is 13.7. The van der Waals surface area contributed by atoms with Crippen molar-refractivity contribution in [3.63, 3.8) is 0 Å². The van der Waals surface area contributed by atoms with Crippen LogP contribution in [0.2, 0.25) is 0 Å². The van der Waals surface area contributed by atoms with Gasteiger partial charge in [0.05, 0.1) is 12.6 Å². The Morgan fingerprint density at radius 1 is 0.840 bits per heavy atom. The first kappa shape index (κ1) is 14.0. The van der Waals surface area contributed by atoms with Crippen LogP contribution in [-0.2, 0) is 0 Å². The van der Waals surface area contributed by atoms with E-state index in [1.807, 2.05) is 66.9 Å². The van der Waals surface area contributed by atoms with E-state index in [4.69, 9.17) is 14.7 Å². The first-order chi connectivity index (χ1) is 12.4. The van der Waals surface area contributed by atoms with E-state index in [1.54, 1.807) is 7.11 Å². The Morgan fingerprint density at radius 2 is 1.64 bits per heavy atom. The van der Waals surface area contributed by atoms with E-state index < -0.39 is 0 Å². The topological polar surface area (TPSA) is 39.4 Å². The summed E-state index contributed by atoms with van der Waals surface area (Å²) in [6.45, 7) is 0. The second-order valence-corrected chi connectivity index (χ2v) is 5.92. The third-order valence-corrected chi connectivity index (χ3v) is 4.51. The molecule has 5 rings (SSSR count). The highest BCUT2D eigenvalue weighted by atomic mass is 16.5. The van der Waals surface area contributed by atoms with E-state index >= 15 is 0 Å². The van der Waals surface area contributed by atoms with Crippen LogP contribution in [0.1, 0.15) is 0 Å². The van der Waals surface area contributed by atoms with Gasteiger partial charge >= 0.3 is 0 Å². The Kier molecular flexibility index (Phi) is 2.97. The van der Waals surface area contributed by atoms with E-state index in [1.165, 1.54) is 0 Å². The second kappa shape index (κ2) is 5.31. The molecule has 0 saturated heterocycles. The smallest absolute Gasteiger partial charge is 0.137 e. The monoisotopic (exact) mass is 325 g/mol. The highest BCUT2D eigenvalue weighted by Crippen LogP contribution is 2.36. The fourth-order valence-electron chi connectivity index (χ4n) is 3.38. The van der Waals surface area contributed by atoms with Crippen molar-refractivity contribution < 1.29 is 4.74 Å². The third-order valence-electron chi connectivity index (χ3n) is 4.51. The molecule has 0 unspecified atom stereocenters. The summed E-state index contributed by atoms with van der Waals surface area (Å²) in [6, 6.07) is 22.1. The molecule has 0 aliphatic heterocycles. The van der Waals surface area contributed by atoms with Gasteiger partial charge in [-0.25, -0.2) is 9.97 Å². The molecular formula is C21H15N3O. The maximum absolute atomic E-state index is 5.58. The van der Waals surface area contributed by atoms with Crippen molar-refractivity contribution in [2.24, 2.45) is 0 Å². The Morgan fingerprint density at radius 3 is 2.56 bits per heavy atom. The highest BCUT2D eigenvalue weighted by molar-refractivity contribution is 6.09. The molecule has 0 aliphatic carbocycles. The van der Waals surface area contributed by atoms with Gasteiger partial charge in [0.2, 0.25) is 0 Å². The molecule has 0 radical (unpaired) electrons. The van der Waals surface area contributed by atoms with Crippen molar-refractivity contribution in [1.82, 2.24) is 14.4 Å². The predicted octanol–water partition coefficient (Wildman–Crippen LogP) is 4.71. The Bertz CT molecular complexity index is 1240. The molecule has 2 aromatic carbocycles. The number of fused-ring (bicyclic) bond motifs is 5. The van der Waals surface area contributed by atoms with Gasteiger partial charge in [-0.05, 0) is 30.3 Å². The minimum Gasteiger partial charge on any atom is -0.496 e. The van der Waals surface area contributed by atoms with E-state index in [9.17, 15) is 0 Å². The van der Waals surface area contributed by atoms with Crippen molar-refractivity contribution in [3.05, 3.63) is 72.9 Å². The quantitative estimate of drug-likeness (QED) is 0.472. The lowest BCUT2D eigenvalue weighted by Crippen LogP contribution is -1.94. The number of para-hydroxylation sites is 2. The van der Waals surface area contributed by atoms with Crippen LogP contribution in [0.3, 0.4) is 0 Å². The van der Waals surface area contributed by atoms with Crippen LogP contribution in [-0.4, -0.2) is 21.5 Å². The van der Waals surface area contributed by atoms with E-state index in [0.29, 0.717) is 0 Å². The number of imidazole rings is 1. The van der Waals surface area contributed by atoms with Gasteiger partial charge in [-0.2, -0.15) is 0 Å². The van der Waals surface area contributed by atoms with Gasteiger partial charge < -0.3 is 4.74 Å². The van der Waals surface area contributed by atoms with Gasteiger partial charge in [0.1, 0.15) is 28.1 Å². The number of ether oxygens (including phenoxy) is 1. The molecule has 0 aliphatic rings. The number of rotatable bonds is 2. The first-order valence-corrected chi connectivity index (χ1v) is 8.16. The van der Waals surface area contributed by atoms with Gasteiger partial charge in [0, 0.05) is 17.1 Å². The maximum Gasteiger partial charge on any atom is 0.137 e. The van der Waals surface area contributed by atoms with Crippen LogP contribution in [0.15, 0.2) is 72.9 Å². The van der Waals surface area contributed by atoms with Crippen molar-refractivity contribution >= 4 is 27.6 Å². The molecule has 3 heterocycles. The summed E-state index contributed by atoms with van der Waals surface area (Å²) in [4.78, 5) is 9.83. The van der Waals surface area contributed by atoms with E-state index in [0.717, 1.165) is 44.6 Å². The van der Waals surface area contributed by atoms with Crippen molar-refractivity contribution in [2.75, 3.05) is 7.11 Å². The lowest BCUT2D eigenvalue weighted by atomic mass is 10.1. The molecule has 0 spiro atoms. The Labute approximate surface area is 144 Å². The maximum atomic E-state index is 5.58. The highest BCUT2D eigenvalue weighted by Gasteiger charge is 2.18. The normalized spacial score (nSPS) is 11.4. The molecule has 0 N–H and O–H groups in total. The summed E-state index contributed by atoms with van der Waals surface area (Å²) < 4.78 is 7.67. The number of hydrogen-bond acceptors (Lipinski definition) is 3. The Hall–Kier alpha value is -3.40. The summed E-state index contributed by atoms with van der Waals surface area (Å²) in [5.74, 6) is 0.803. The average Bonchev–Trinajstić information content (AvgIpc) is 3.07. The number of pyridine rings is 2. The molecule has 0 saturated carbocycles. The van der Waals surface area contributed by atoms with Crippen molar-refractivity contribution in [1.29, 1.82) is 0 Å². The van der Waals surface area contributed by atoms with Crippen LogP contribution in [0.4, 0.5) is 0 Å². The lowest BCUT2D eigenvalue weighted by molar-refractivity contribution is 0.416. The van der Waals surface area contributed by atoms with Crippen LogP contribution < -0.4 is 4.74 Å². The average molecular weight is 325 g/mol. The fourth-order valence-corrected chi connectivity index (χ4v) is 3.38. The summed E-state index contributed by atoms with van der Waals surface area (Å²) in [5, 5.41) is 1.06. The summed E-state index contributed by atoms with van der Waals surface area (Å²) in [5.41, 5.74) is 5.64. The van der Waals surface area contributed by atoms with Crippen LogP contribution in [0, 0.1) is 0 Å². The zero-order chi connectivity index (χ0) is 16.8. The Balaban J connectivity index is 2.03. The van der Waals surface area contributed by atoms with E-state index in [2.05, 4.69) is 10.5 Å². The molecule has 0 bridgehead atoms. The molecule has 4 heteroatoms. The van der Waals surface area contributed by atoms with Crippen molar-refractivity contribution in [2.45, 2.75) is 0 Å². The third kappa shape index (κ3) is 2.01.